The summed E-state index contributed by atoms with van der Waals surface area (Å²) < 4.78 is 2.75. The largest absolute Gasteiger partial charge is 0.392 e. The third-order valence-electron chi connectivity index (χ3n) is 8.09. The van der Waals surface area contributed by atoms with Crippen molar-refractivity contribution in [3.05, 3.63) is 75.4 Å². The number of pyridine rings is 1. The number of anilines is 2. The molecule has 6 rings (SSSR count). The van der Waals surface area contributed by atoms with Crippen LogP contribution in [-0.2, 0) is 13.7 Å². The quantitative estimate of drug-likeness (QED) is 0.322. The van der Waals surface area contributed by atoms with Gasteiger partial charge in [0.25, 0.3) is 11.7 Å². The number of nitrogens with zero attached hydrogens (tertiary/aromatic N) is 4. The first-order chi connectivity index (χ1) is 18.0. The molecule has 1 aromatic carbocycles. The maximum atomic E-state index is 14.0. The maximum absolute atomic E-state index is 14.0. The van der Waals surface area contributed by atoms with Gasteiger partial charge >= 0.3 is 0 Å². The Balaban J connectivity index is 1.41. The van der Waals surface area contributed by atoms with E-state index in [1.54, 1.807) is 31.6 Å². The fourth-order valence-corrected chi connectivity index (χ4v) is 6.32. The molecule has 3 saturated heterocycles. The molecule has 0 aliphatic carbocycles. The number of hydrogen-bond acceptors (Lipinski definition) is 9. The number of rotatable bonds is 5. The fraction of sp³-hybridized carbons (Fsp3) is 0.423. The monoisotopic (exact) mass is 503 g/mol. The van der Waals surface area contributed by atoms with Crippen molar-refractivity contribution in [2.45, 2.75) is 43.2 Å². The summed E-state index contributed by atoms with van der Waals surface area (Å²) in [4.78, 5) is 34.9. The molecule has 2 aromatic heterocycles. The topological polar surface area (TPSA) is 136 Å². The summed E-state index contributed by atoms with van der Waals surface area (Å²) in [5.41, 5.74) is 2.56. The van der Waals surface area contributed by atoms with E-state index in [2.05, 4.69) is 31.2 Å². The molecule has 3 aliphatic heterocycles. The van der Waals surface area contributed by atoms with Crippen LogP contribution in [0.4, 0.5) is 11.5 Å². The number of piperidine rings is 2. The second-order valence-electron chi connectivity index (χ2n) is 10.00. The molecule has 5 N–H and O–H groups in total. The van der Waals surface area contributed by atoms with Crippen LogP contribution in [0.2, 0.25) is 0 Å². The Hall–Kier alpha value is -3.51. The lowest BCUT2D eigenvalue weighted by Gasteiger charge is -2.41. The smallest absolute Gasteiger partial charge is 0.282 e. The van der Waals surface area contributed by atoms with Crippen LogP contribution in [0.25, 0.3) is 11.1 Å². The SMILES string of the molecule is Cn1cc(-c2cccc(C3NC4CCNC5CNCCC54[N+]3=O)c2CO)cc(Nc2ccncn2)c1=O. The second-order valence-corrected chi connectivity index (χ2v) is 10.00. The third-order valence-corrected chi connectivity index (χ3v) is 8.09. The zero-order chi connectivity index (χ0) is 25.6. The van der Waals surface area contributed by atoms with Gasteiger partial charge in [0.2, 0.25) is 5.54 Å². The summed E-state index contributed by atoms with van der Waals surface area (Å²) in [6.45, 7) is 2.18. The summed E-state index contributed by atoms with van der Waals surface area (Å²) in [6.07, 6.45) is 5.81. The Bertz CT molecular complexity index is 1390. The van der Waals surface area contributed by atoms with E-state index in [1.807, 2.05) is 18.2 Å². The number of benzene rings is 1. The highest BCUT2D eigenvalue weighted by atomic mass is 16.3. The normalized spacial score (nSPS) is 27.0. The van der Waals surface area contributed by atoms with Crippen molar-refractivity contribution in [1.29, 1.82) is 0 Å². The molecule has 0 bridgehead atoms. The van der Waals surface area contributed by atoms with Gasteiger partial charge in [0, 0.05) is 59.7 Å². The predicted octanol–water partition coefficient (Wildman–Crippen LogP) is 0.922. The molecule has 4 atom stereocenters. The van der Waals surface area contributed by atoms with Gasteiger partial charge < -0.3 is 25.6 Å². The van der Waals surface area contributed by atoms with Gasteiger partial charge in [-0.2, -0.15) is 0 Å². The molecule has 37 heavy (non-hydrogen) atoms. The Kier molecular flexibility index (Phi) is 6.07. The van der Waals surface area contributed by atoms with Crippen LogP contribution < -0.4 is 26.8 Å². The maximum Gasteiger partial charge on any atom is 0.282 e. The molecule has 3 fully saturated rings. The van der Waals surface area contributed by atoms with Gasteiger partial charge in [0.1, 0.15) is 17.8 Å². The molecule has 192 valence electrons. The van der Waals surface area contributed by atoms with Gasteiger partial charge in [-0.3, -0.25) is 4.79 Å². The minimum Gasteiger partial charge on any atom is -0.392 e. The highest BCUT2D eigenvalue weighted by Crippen LogP contribution is 2.43. The Labute approximate surface area is 213 Å². The summed E-state index contributed by atoms with van der Waals surface area (Å²) in [5.74, 6) is 0.504. The summed E-state index contributed by atoms with van der Waals surface area (Å²) >= 11 is 0. The Morgan fingerprint density at radius 2 is 2.16 bits per heavy atom. The van der Waals surface area contributed by atoms with E-state index in [0.29, 0.717) is 17.1 Å². The number of nitrogens with one attached hydrogen (secondary N) is 4. The van der Waals surface area contributed by atoms with Gasteiger partial charge in [0.15, 0.2) is 0 Å². The van der Waals surface area contributed by atoms with Gasteiger partial charge in [-0.1, -0.05) is 18.2 Å². The molecule has 11 heteroatoms. The first kappa shape index (κ1) is 23.9. The number of aliphatic hydroxyl groups is 1. The standard InChI is InChI=1S/C26H31N8O3/c1-33-13-16(11-20(25(33)36)31-23-6-8-28-15-30-23)17-3-2-4-18(19(17)14-35)24-32-21-5-9-29-22-12-27-10-7-26(21,22)34(24)37/h2-4,6,8,11,13,15,21-22,24,27,29,32,35H,5,7,9-10,12,14H2,1H3,(H,28,30,31)/q+1. The summed E-state index contributed by atoms with van der Waals surface area (Å²) in [6, 6.07) is 9.30. The molecule has 3 aliphatic rings. The number of aryl methyl sites for hydroxylation is 1. The summed E-state index contributed by atoms with van der Waals surface area (Å²) in [5, 5.41) is 24.2. The van der Waals surface area contributed by atoms with Crippen LogP contribution in [0.15, 0.2) is 53.8 Å². The van der Waals surface area contributed by atoms with Crippen molar-refractivity contribution in [3.63, 3.8) is 0 Å². The zero-order valence-corrected chi connectivity index (χ0v) is 20.6. The lowest BCUT2D eigenvalue weighted by Crippen LogP contribution is -2.71. The van der Waals surface area contributed by atoms with E-state index in [1.165, 1.54) is 15.7 Å². The van der Waals surface area contributed by atoms with Crippen molar-refractivity contribution in [2.75, 3.05) is 25.0 Å². The number of nitroso groups, excluding NO2 is 1. The van der Waals surface area contributed by atoms with Gasteiger partial charge in [0.05, 0.1) is 18.7 Å². The molecule has 4 unspecified atom stereocenters. The van der Waals surface area contributed by atoms with E-state index >= 15 is 0 Å². The molecular weight excluding hydrogens is 472 g/mol. The lowest BCUT2D eigenvalue weighted by atomic mass is 9.75. The van der Waals surface area contributed by atoms with E-state index < -0.39 is 11.7 Å². The van der Waals surface area contributed by atoms with Crippen LogP contribution in [-0.4, -0.2) is 61.7 Å². The molecular formula is C26H31N8O3+. The minimum absolute atomic E-state index is 0.0647. The van der Waals surface area contributed by atoms with E-state index in [-0.39, 0.29) is 24.2 Å². The number of aromatic nitrogens is 3. The fourth-order valence-electron chi connectivity index (χ4n) is 6.32. The van der Waals surface area contributed by atoms with Crippen LogP contribution in [0.3, 0.4) is 0 Å². The number of aliphatic hydroxyl groups excluding tert-OH is 1. The van der Waals surface area contributed by atoms with Crippen molar-refractivity contribution >= 4 is 11.5 Å². The third kappa shape index (κ3) is 3.86. The molecule has 0 radical (unpaired) electrons. The molecule has 0 amide bonds. The van der Waals surface area contributed by atoms with Crippen molar-refractivity contribution in [2.24, 2.45) is 7.05 Å². The van der Waals surface area contributed by atoms with Gasteiger partial charge in [-0.15, -0.1) is 0 Å². The molecule has 11 nitrogen and oxygen atoms in total. The average Bonchev–Trinajstić information content (AvgIpc) is 3.22. The lowest BCUT2D eigenvalue weighted by molar-refractivity contribution is -0.652. The van der Waals surface area contributed by atoms with Gasteiger partial charge in [-0.05, 0) is 36.2 Å². The number of hydrogen-bond donors (Lipinski definition) is 5. The van der Waals surface area contributed by atoms with E-state index in [9.17, 15) is 14.8 Å². The first-order valence-corrected chi connectivity index (χ1v) is 12.7. The average molecular weight is 504 g/mol. The summed E-state index contributed by atoms with van der Waals surface area (Å²) in [7, 11) is 1.69. The highest BCUT2D eigenvalue weighted by Gasteiger charge is 2.68. The predicted molar refractivity (Wildman–Crippen MR) is 138 cm³/mol. The van der Waals surface area contributed by atoms with Crippen LogP contribution in [0.5, 0.6) is 0 Å². The molecule has 5 heterocycles. The molecule has 1 spiro atoms. The second kappa shape index (κ2) is 9.42. The van der Waals surface area contributed by atoms with Crippen molar-refractivity contribution in [3.8, 4) is 11.1 Å². The van der Waals surface area contributed by atoms with E-state index in [4.69, 9.17) is 0 Å². The van der Waals surface area contributed by atoms with E-state index in [0.717, 1.165) is 49.2 Å². The molecule has 0 saturated carbocycles. The minimum atomic E-state index is -0.571. The van der Waals surface area contributed by atoms with Crippen LogP contribution >= 0.6 is 0 Å². The first-order valence-electron chi connectivity index (χ1n) is 12.7. The zero-order valence-electron chi connectivity index (χ0n) is 20.6. The van der Waals surface area contributed by atoms with Crippen LogP contribution in [0, 0.1) is 4.91 Å². The Morgan fingerprint density at radius 3 is 2.97 bits per heavy atom. The van der Waals surface area contributed by atoms with Crippen molar-refractivity contribution in [1.82, 2.24) is 30.5 Å². The molecule has 3 aromatic rings. The van der Waals surface area contributed by atoms with Crippen LogP contribution in [0.1, 0.15) is 30.1 Å². The highest BCUT2D eigenvalue weighted by molar-refractivity contribution is 5.72. The van der Waals surface area contributed by atoms with Gasteiger partial charge in [-0.25, -0.2) is 15.3 Å². The van der Waals surface area contributed by atoms with Crippen molar-refractivity contribution < 1.29 is 9.87 Å². The Morgan fingerprint density at radius 1 is 1.27 bits per heavy atom.